The molecular formula is C42H54FN3O5. The number of hydrogen-bond acceptors (Lipinski definition) is 6. The van der Waals surface area contributed by atoms with Gasteiger partial charge in [0.05, 0.1) is 34.4 Å². The number of fused-ring (bicyclic) bond motifs is 8. The van der Waals surface area contributed by atoms with Crippen LogP contribution in [0.25, 0.3) is 28.0 Å². The van der Waals surface area contributed by atoms with Crippen LogP contribution in [0.3, 0.4) is 0 Å². The molecule has 2 atom stereocenters. The van der Waals surface area contributed by atoms with Gasteiger partial charge in [-0.25, -0.2) is 14.2 Å². The van der Waals surface area contributed by atoms with Crippen molar-refractivity contribution in [3.8, 4) is 28.1 Å². The number of nitrogens with zero attached hydrogens (tertiary/aromatic N) is 3. The molecular weight excluding hydrogens is 645 g/mol. The largest absolute Gasteiger partial charge is 0.490 e. The van der Waals surface area contributed by atoms with Crippen LogP contribution in [0, 0.1) is 12.7 Å². The number of ether oxygens (including phenoxy) is 3. The number of aryl methyl sites for hydroxylation is 1. The highest BCUT2D eigenvalue weighted by atomic mass is 19.1. The van der Waals surface area contributed by atoms with E-state index in [0.717, 1.165) is 71.4 Å². The summed E-state index contributed by atoms with van der Waals surface area (Å²) in [5.74, 6) is -0.870. The zero-order valence-corrected chi connectivity index (χ0v) is 31.7. The molecule has 274 valence electrons. The minimum atomic E-state index is -1.19. The second-order valence-electron chi connectivity index (χ2n) is 16.7. The number of carboxylic acids is 1. The lowest BCUT2D eigenvalue weighted by atomic mass is 9.88. The van der Waals surface area contributed by atoms with Crippen LogP contribution in [0.2, 0.25) is 0 Å². The van der Waals surface area contributed by atoms with Crippen molar-refractivity contribution in [1.82, 2.24) is 9.38 Å². The standard InChI is InChI=1S/C42H54FN3O5/c1-26-25-46-37(40(3,4)5)34-29-15-12-14-28(23-29)31-17-16-30(43)24-32(31)50-27(2)13-10-11-22-49-42(9)18-20-45(21-19-42)35(38(46)44-34)33(26)36(39(47)48)51-41(6,7)8/h12,14-17,23-25,27,36H,10-11,13,18-22H2,1-9H3,(H,47,48)/t27-,36-/m0/s1. The number of benzene rings is 2. The van der Waals surface area contributed by atoms with Crippen LogP contribution < -0.4 is 9.64 Å². The molecule has 0 saturated carbocycles. The number of carboxylic acid groups (broad SMARTS) is 1. The molecule has 2 aromatic heterocycles. The molecule has 0 aliphatic carbocycles. The Labute approximate surface area is 301 Å². The molecule has 7 rings (SSSR count). The zero-order chi connectivity index (χ0) is 36.9. The van der Waals surface area contributed by atoms with Gasteiger partial charge in [-0.05, 0) is 103 Å². The summed E-state index contributed by atoms with van der Waals surface area (Å²) in [5, 5.41) is 10.7. The number of anilines is 1. The lowest BCUT2D eigenvalue weighted by Gasteiger charge is -2.41. The maximum atomic E-state index is 14.6. The smallest absolute Gasteiger partial charge is 0.337 e. The van der Waals surface area contributed by atoms with E-state index in [2.05, 4.69) is 49.1 Å². The Morgan fingerprint density at radius 2 is 1.76 bits per heavy atom. The van der Waals surface area contributed by atoms with Crippen molar-refractivity contribution < 1.29 is 28.5 Å². The van der Waals surface area contributed by atoms with E-state index in [9.17, 15) is 14.3 Å². The van der Waals surface area contributed by atoms with Gasteiger partial charge in [-0.3, -0.25) is 0 Å². The first-order chi connectivity index (χ1) is 23.9. The molecule has 0 amide bonds. The number of imidazole rings is 1. The molecule has 0 unspecified atom stereocenters. The van der Waals surface area contributed by atoms with Crippen molar-refractivity contribution in [2.45, 2.75) is 123 Å². The summed E-state index contributed by atoms with van der Waals surface area (Å²) in [6.07, 6.45) is 4.94. The fourth-order valence-corrected chi connectivity index (χ4v) is 7.58. The summed E-state index contributed by atoms with van der Waals surface area (Å²) in [7, 11) is 0. The average Bonchev–Trinajstić information content (AvgIpc) is 3.42. The molecule has 0 spiro atoms. The van der Waals surface area contributed by atoms with Gasteiger partial charge in [-0.1, -0.05) is 39.0 Å². The monoisotopic (exact) mass is 699 g/mol. The first-order valence-electron chi connectivity index (χ1n) is 18.4. The van der Waals surface area contributed by atoms with E-state index < -0.39 is 17.7 Å². The van der Waals surface area contributed by atoms with Crippen LogP contribution in [-0.2, 0) is 19.7 Å². The Hall–Kier alpha value is -3.95. The molecule has 0 radical (unpaired) electrons. The van der Waals surface area contributed by atoms with Gasteiger partial charge in [0.2, 0.25) is 0 Å². The minimum Gasteiger partial charge on any atom is -0.490 e. The number of piperidine rings is 1. The maximum Gasteiger partial charge on any atom is 0.337 e. The summed E-state index contributed by atoms with van der Waals surface area (Å²) >= 11 is 0. The van der Waals surface area contributed by atoms with E-state index in [1.165, 1.54) is 12.1 Å². The van der Waals surface area contributed by atoms with Crippen LogP contribution in [0.15, 0.2) is 48.7 Å². The topological polar surface area (TPSA) is 85.5 Å². The number of aliphatic carboxylic acids is 1. The number of aromatic nitrogens is 2. The molecule has 6 bridgehead atoms. The van der Waals surface area contributed by atoms with E-state index in [0.29, 0.717) is 36.7 Å². The first-order valence-corrected chi connectivity index (χ1v) is 18.4. The molecule has 3 aliphatic rings. The summed E-state index contributed by atoms with van der Waals surface area (Å²) in [6.45, 7) is 20.4. The quantitative estimate of drug-likeness (QED) is 0.228. The third kappa shape index (κ3) is 7.80. The Bertz CT molecular complexity index is 1910. The molecule has 2 aromatic carbocycles. The molecule has 1 fully saturated rings. The van der Waals surface area contributed by atoms with Gasteiger partial charge in [-0.2, -0.15) is 0 Å². The molecule has 5 heterocycles. The van der Waals surface area contributed by atoms with Crippen molar-refractivity contribution in [2.24, 2.45) is 0 Å². The SMILES string of the molecule is Cc1cn2c(C(C)(C)C)c3nc2c(c1[C@H](OC(C)(C)C)C(=O)O)N1CCC(C)(CC1)OCCCC[C@H](C)Oc1cc(F)ccc1-c1cccc-3c1. The number of rotatable bonds is 3. The van der Waals surface area contributed by atoms with Crippen LogP contribution in [0.1, 0.15) is 110 Å². The Kier molecular flexibility index (Phi) is 10.0. The fraction of sp³-hybridized carbons (Fsp3) is 0.524. The molecule has 1 saturated heterocycles. The lowest BCUT2D eigenvalue weighted by molar-refractivity contribution is -0.160. The second-order valence-corrected chi connectivity index (χ2v) is 16.7. The highest BCUT2D eigenvalue weighted by Gasteiger charge is 2.38. The average molecular weight is 700 g/mol. The number of carbonyl (C=O) groups is 1. The molecule has 3 aliphatic heterocycles. The fourth-order valence-electron chi connectivity index (χ4n) is 7.58. The predicted molar refractivity (Wildman–Crippen MR) is 200 cm³/mol. The van der Waals surface area contributed by atoms with E-state index >= 15 is 0 Å². The van der Waals surface area contributed by atoms with Crippen molar-refractivity contribution in [3.63, 3.8) is 0 Å². The van der Waals surface area contributed by atoms with E-state index in [4.69, 9.17) is 19.2 Å². The van der Waals surface area contributed by atoms with E-state index in [-0.39, 0.29) is 22.9 Å². The number of halogens is 1. The van der Waals surface area contributed by atoms with Crippen molar-refractivity contribution in [1.29, 1.82) is 0 Å². The molecule has 51 heavy (non-hydrogen) atoms. The molecule has 1 N–H and O–H groups in total. The Morgan fingerprint density at radius 3 is 2.43 bits per heavy atom. The van der Waals surface area contributed by atoms with E-state index in [1.54, 1.807) is 6.07 Å². The van der Waals surface area contributed by atoms with Gasteiger partial charge in [-0.15, -0.1) is 0 Å². The highest BCUT2D eigenvalue weighted by Crippen LogP contribution is 2.44. The Balaban J connectivity index is 1.63. The lowest BCUT2D eigenvalue weighted by Crippen LogP contribution is -2.45. The van der Waals surface area contributed by atoms with Crippen molar-refractivity contribution >= 4 is 17.3 Å². The van der Waals surface area contributed by atoms with Gasteiger partial charge >= 0.3 is 5.97 Å². The van der Waals surface area contributed by atoms with Crippen molar-refractivity contribution in [2.75, 3.05) is 24.6 Å². The highest BCUT2D eigenvalue weighted by molar-refractivity contribution is 5.86. The second kappa shape index (κ2) is 13.9. The number of pyridine rings is 1. The van der Waals surface area contributed by atoms with E-state index in [1.807, 2.05) is 52.9 Å². The first kappa shape index (κ1) is 36.8. The summed E-state index contributed by atoms with van der Waals surface area (Å²) < 4.78 is 36.1. The molecule has 8 nitrogen and oxygen atoms in total. The van der Waals surface area contributed by atoms with Crippen LogP contribution >= 0.6 is 0 Å². The zero-order valence-electron chi connectivity index (χ0n) is 31.7. The van der Waals surface area contributed by atoms with Gasteiger partial charge in [0.25, 0.3) is 0 Å². The van der Waals surface area contributed by atoms with Gasteiger partial charge in [0.1, 0.15) is 11.6 Å². The molecule has 4 aromatic rings. The van der Waals surface area contributed by atoms with Gasteiger partial charge in [0, 0.05) is 54.1 Å². The predicted octanol–water partition coefficient (Wildman–Crippen LogP) is 9.68. The molecule has 9 heteroatoms. The van der Waals surface area contributed by atoms with Gasteiger partial charge in [0.15, 0.2) is 11.8 Å². The maximum absolute atomic E-state index is 14.6. The summed E-state index contributed by atoms with van der Waals surface area (Å²) in [4.78, 5) is 20.8. The van der Waals surface area contributed by atoms with Crippen molar-refractivity contribution in [3.05, 3.63) is 71.3 Å². The van der Waals surface area contributed by atoms with Crippen LogP contribution in [0.5, 0.6) is 5.75 Å². The summed E-state index contributed by atoms with van der Waals surface area (Å²) in [5.41, 5.74) is 6.02. The van der Waals surface area contributed by atoms with Gasteiger partial charge < -0.3 is 28.6 Å². The summed E-state index contributed by atoms with van der Waals surface area (Å²) in [6, 6.07) is 12.9. The normalized spacial score (nSPS) is 21.0. The third-order valence-corrected chi connectivity index (χ3v) is 10.1. The number of hydrogen-bond donors (Lipinski definition) is 1. The van der Waals surface area contributed by atoms with Crippen LogP contribution in [-0.4, -0.2) is 57.5 Å². The minimum absolute atomic E-state index is 0.100. The van der Waals surface area contributed by atoms with Crippen LogP contribution in [0.4, 0.5) is 10.1 Å². The third-order valence-electron chi connectivity index (χ3n) is 10.1. The Morgan fingerprint density at radius 1 is 1.06 bits per heavy atom.